The van der Waals surface area contributed by atoms with Crippen LogP contribution in [0.1, 0.15) is 17.3 Å². The van der Waals surface area contributed by atoms with Crippen LogP contribution >= 0.6 is 0 Å². The summed E-state index contributed by atoms with van der Waals surface area (Å²) in [7, 11) is 0. The van der Waals surface area contributed by atoms with Gasteiger partial charge in [0.15, 0.2) is 0 Å². The van der Waals surface area contributed by atoms with Crippen LogP contribution in [0.15, 0.2) is 60.7 Å². The summed E-state index contributed by atoms with van der Waals surface area (Å²) >= 11 is 0. The number of hydrogen-bond donors (Lipinski definition) is 2. The largest absolute Gasteiger partial charge is 0.392 e. The molecule has 1 unspecified atom stereocenters. The second kappa shape index (κ2) is 6.58. The SMILES string of the molecule is CC(O)CNC(=O)c1cc(-c2ccccc2)nc2ccccc12. The van der Waals surface area contributed by atoms with E-state index in [9.17, 15) is 9.90 Å². The van der Waals surface area contributed by atoms with E-state index in [-0.39, 0.29) is 12.5 Å². The molecular weight excluding hydrogens is 288 g/mol. The van der Waals surface area contributed by atoms with Crippen LogP contribution in [0.2, 0.25) is 0 Å². The van der Waals surface area contributed by atoms with Gasteiger partial charge in [0.05, 0.1) is 22.9 Å². The average molecular weight is 306 g/mol. The van der Waals surface area contributed by atoms with Crippen molar-refractivity contribution in [2.24, 2.45) is 0 Å². The summed E-state index contributed by atoms with van der Waals surface area (Å²) in [5.74, 6) is -0.207. The van der Waals surface area contributed by atoms with E-state index in [1.165, 1.54) is 0 Å². The molecule has 2 N–H and O–H groups in total. The number of para-hydroxylation sites is 1. The minimum absolute atomic E-state index is 0.207. The lowest BCUT2D eigenvalue weighted by molar-refractivity contribution is 0.0925. The van der Waals surface area contributed by atoms with Crippen molar-refractivity contribution in [3.05, 3.63) is 66.2 Å². The monoisotopic (exact) mass is 306 g/mol. The fourth-order valence-electron chi connectivity index (χ4n) is 2.46. The van der Waals surface area contributed by atoms with Crippen LogP contribution in [0, 0.1) is 0 Å². The molecule has 2 aromatic carbocycles. The summed E-state index contributed by atoms with van der Waals surface area (Å²) in [6.45, 7) is 1.86. The highest BCUT2D eigenvalue weighted by Crippen LogP contribution is 2.24. The highest BCUT2D eigenvalue weighted by atomic mass is 16.3. The number of aliphatic hydroxyl groups excluding tert-OH is 1. The number of carbonyl (C=O) groups excluding carboxylic acids is 1. The molecule has 0 fully saturated rings. The third-order valence-corrected chi connectivity index (χ3v) is 3.59. The summed E-state index contributed by atoms with van der Waals surface area (Å²) in [5.41, 5.74) is 3.06. The molecule has 0 aliphatic carbocycles. The molecule has 1 amide bonds. The van der Waals surface area contributed by atoms with E-state index < -0.39 is 6.10 Å². The zero-order chi connectivity index (χ0) is 16.2. The van der Waals surface area contributed by atoms with E-state index in [0.29, 0.717) is 5.56 Å². The summed E-state index contributed by atoms with van der Waals surface area (Å²) in [6.07, 6.45) is -0.583. The second-order valence-electron chi connectivity index (χ2n) is 5.50. The molecule has 4 nitrogen and oxygen atoms in total. The van der Waals surface area contributed by atoms with Crippen molar-refractivity contribution in [3.8, 4) is 11.3 Å². The molecule has 23 heavy (non-hydrogen) atoms. The van der Waals surface area contributed by atoms with E-state index >= 15 is 0 Å². The fourth-order valence-corrected chi connectivity index (χ4v) is 2.46. The molecule has 1 atom stereocenters. The summed E-state index contributed by atoms with van der Waals surface area (Å²) < 4.78 is 0. The molecule has 0 saturated heterocycles. The highest BCUT2D eigenvalue weighted by Gasteiger charge is 2.14. The van der Waals surface area contributed by atoms with E-state index in [1.807, 2.05) is 54.6 Å². The lowest BCUT2D eigenvalue weighted by Gasteiger charge is -2.11. The van der Waals surface area contributed by atoms with Gasteiger partial charge in [-0.15, -0.1) is 0 Å². The first-order chi connectivity index (χ1) is 11.1. The first-order valence-corrected chi connectivity index (χ1v) is 7.56. The van der Waals surface area contributed by atoms with Gasteiger partial charge < -0.3 is 10.4 Å². The Bertz CT molecular complexity index is 829. The minimum Gasteiger partial charge on any atom is -0.392 e. The molecular formula is C19H18N2O2. The van der Waals surface area contributed by atoms with Crippen molar-refractivity contribution >= 4 is 16.8 Å². The number of aromatic nitrogens is 1. The highest BCUT2D eigenvalue weighted by molar-refractivity contribution is 6.07. The lowest BCUT2D eigenvalue weighted by atomic mass is 10.0. The number of amides is 1. The predicted octanol–water partition coefficient (Wildman–Crippen LogP) is 3.01. The number of nitrogens with zero attached hydrogens (tertiary/aromatic N) is 1. The number of fused-ring (bicyclic) bond motifs is 1. The van der Waals surface area contributed by atoms with E-state index in [2.05, 4.69) is 10.3 Å². The van der Waals surface area contributed by atoms with Crippen molar-refractivity contribution in [2.75, 3.05) is 6.54 Å². The standard InChI is InChI=1S/C19H18N2O2/c1-13(22)12-20-19(23)16-11-18(14-7-3-2-4-8-14)21-17-10-6-5-9-15(16)17/h2-11,13,22H,12H2,1H3,(H,20,23). The van der Waals surface area contributed by atoms with Crippen LogP contribution in [0.5, 0.6) is 0 Å². The molecule has 0 saturated carbocycles. The molecule has 0 aliphatic heterocycles. The van der Waals surface area contributed by atoms with Crippen LogP contribution in [-0.4, -0.2) is 28.6 Å². The Morgan fingerprint density at radius 2 is 1.83 bits per heavy atom. The maximum absolute atomic E-state index is 12.5. The number of nitrogens with one attached hydrogen (secondary N) is 1. The Morgan fingerprint density at radius 1 is 1.13 bits per heavy atom. The Balaban J connectivity index is 2.09. The van der Waals surface area contributed by atoms with Gasteiger partial charge in [-0.3, -0.25) is 4.79 Å². The van der Waals surface area contributed by atoms with Gasteiger partial charge in [0, 0.05) is 17.5 Å². The summed E-state index contributed by atoms with van der Waals surface area (Å²) in [5, 5.41) is 12.9. The molecule has 0 aliphatic rings. The van der Waals surface area contributed by atoms with Gasteiger partial charge in [0.25, 0.3) is 5.91 Å². The Labute approximate surface area is 134 Å². The molecule has 1 aromatic heterocycles. The van der Waals surface area contributed by atoms with Gasteiger partial charge in [-0.25, -0.2) is 4.98 Å². The van der Waals surface area contributed by atoms with Crippen LogP contribution in [0.4, 0.5) is 0 Å². The number of pyridine rings is 1. The normalized spacial score (nSPS) is 12.1. The van der Waals surface area contributed by atoms with Gasteiger partial charge in [-0.1, -0.05) is 48.5 Å². The number of carbonyl (C=O) groups is 1. The van der Waals surface area contributed by atoms with E-state index in [0.717, 1.165) is 22.2 Å². The average Bonchev–Trinajstić information content (AvgIpc) is 2.59. The molecule has 116 valence electrons. The molecule has 4 heteroatoms. The third-order valence-electron chi connectivity index (χ3n) is 3.59. The lowest BCUT2D eigenvalue weighted by Crippen LogP contribution is -2.30. The van der Waals surface area contributed by atoms with Gasteiger partial charge in [0.1, 0.15) is 0 Å². The number of hydrogen-bond acceptors (Lipinski definition) is 3. The predicted molar refractivity (Wildman–Crippen MR) is 91.2 cm³/mol. The summed E-state index contributed by atoms with van der Waals surface area (Å²) in [6, 6.07) is 19.1. The van der Waals surface area contributed by atoms with E-state index in [4.69, 9.17) is 0 Å². The van der Waals surface area contributed by atoms with Gasteiger partial charge >= 0.3 is 0 Å². The van der Waals surface area contributed by atoms with Crippen LogP contribution in [0.3, 0.4) is 0 Å². The zero-order valence-electron chi connectivity index (χ0n) is 12.9. The molecule has 0 spiro atoms. The first-order valence-electron chi connectivity index (χ1n) is 7.56. The zero-order valence-corrected chi connectivity index (χ0v) is 12.9. The molecule has 0 radical (unpaired) electrons. The van der Waals surface area contributed by atoms with Crippen molar-refractivity contribution in [1.29, 1.82) is 0 Å². The molecule has 0 bridgehead atoms. The maximum atomic E-state index is 12.5. The number of aliphatic hydroxyl groups is 1. The maximum Gasteiger partial charge on any atom is 0.252 e. The Hall–Kier alpha value is -2.72. The quantitative estimate of drug-likeness (QED) is 0.779. The van der Waals surface area contributed by atoms with Crippen LogP contribution < -0.4 is 5.32 Å². The Kier molecular flexibility index (Phi) is 4.35. The van der Waals surface area contributed by atoms with Crippen molar-refractivity contribution in [1.82, 2.24) is 10.3 Å². The number of rotatable bonds is 4. The van der Waals surface area contributed by atoms with Crippen molar-refractivity contribution < 1.29 is 9.90 Å². The molecule has 3 aromatic rings. The smallest absolute Gasteiger partial charge is 0.252 e. The minimum atomic E-state index is -0.583. The van der Waals surface area contributed by atoms with Crippen LogP contribution in [-0.2, 0) is 0 Å². The van der Waals surface area contributed by atoms with Gasteiger partial charge in [-0.2, -0.15) is 0 Å². The van der Waals surface area contributed by atoms with Crippen molar-refractivity contribution in [2.45, 2.75) is 13.0 Å². The van der Waals surface area contributed by atoms with Gasteiger partial charge in [0.2, 0.25) is 0 Å². The van der Waals surface area contributed by atoms with Crippen LogP contribution in [0.25, 0.3) is 22.2 Å². The summed E-state index contributed by atoms with van der Waals surface area (Å²) in [4.78, 5) is 17.2. The fraction of sp³-hybridized carbons (Fsp3) is 0.158. The third kappa shape index (κ3) is 3.38. The topological polar surface area (TPSA) is 62.2 Å². The van der Waals surface area contributed by atoms with Gasteiger partial charge in [-0.05, 0) is 19.1 Å². The molecule has 3 rings (SSSR count). The molecule has 1 heterocycles. The number of benzene rings is 2. The Morgan fingerprint density at radius 3 is 2.57 bits per heavy atom. The first kappa shape index (κ1) is 15.2. The van der Waals surface area contributed by atoms with E-state index in [1.54, 1.807) is 13.0 Å². The van der Waals surface area contributed by atoms with Crippen molar-refractivity contribution in [3.63, 3.8) is 0 Å². The second-order valence-corrected chi connectivity index (χ2v) is 5.50.